The fourth-order valence-electron chi connectivity index (χ4n) is 1.05. The normalized spacial score (nSPS) is 11.8. The predicted octanol–water partition coefficient (Wildman–Crippen LogP) is 2.44. The minimum absolute atomic E-state index is 0.436. The van der Waals surface area contributed by atoms with Crippen LogP contribution < -0.4 is 0 Å². The predicted molar refractivity (Wildman–Crippen MR) is 42.0 cm³/mol. The van der Waals surface area contributed by atoms with Gasteiger partial charge in [0.2, 0.25) is 0 Å². The molecule has 0 saturated heterocycles. The Kier molecular flexibility index (Phi) is 3.10. The van der Waals surface area contributed by atoms with Crippen LogP contribution in [-0.2, 0) is 5.92 Å². The first-order valence-electron chi connectivity index (χ1n) is 3.91. The smallest absolute Gasteiger partial charge is 0.278 e. The fourth-order valence-corrected chi connectivity index (χ4v) is 1.05. The molecule has 5 heteroatoms. The van der Waals surface area contributed by atoms with Crippen molar-refractivity contribution in [3.05, 3.63) is 35.4 Å². The van der Waals surface area contributed by atoms with E-state index in [4.69, 9.17) is 5.11 Å². The highest BCUT2D eigenvalue weighted by molar-refractivity contribution is 5.23. The van der Waals surface area contributed by atoms with Crippen molar-refractivity contribution >= 4 is 0 Å². The van der Waals surface area contributed by atoms with Gasteiger partial charge in [0, 0.05) is 13.0 Å². The van der Waals surface area contributed by atoms with Crippen molar-refractivity contribution in [1.29, 1.82) is 0 Å². The molecule has 78 valence electrons. The van der Waals surface area contributed by atoms with E-state index in [-0.39, 0.29) is 0 Å². The molecule has 1 N–H and O–H groups in total. The summed E-state index contributed by atoms with van der Waals surface area (Å²) in [5.41, 5.74) is -1.02. The largest absolute Gasteiger partial charge is 0.396 e. The van der Waals surface area contributed by atoms with Crippen LogP contribution in [0.5, 0.6) is 0 Å². The molecule has 0 radical (unpaired) electrons. The van der Waals surface area contributed by atoms with Gasteiger partial charge in [-0.15, -0.1) is 0 Å². The second-order valence-electron chi connectivity index (χ2n) is 2.80. The number of benzene rings is 1. The number of hydrogen-bond acceptors (Lipinski definition) is 1. The summed E-state index contributed by atoms with van der Waals surface area (Å²) in [6.07, 6.45) is -0.923. The maximum absolute atomic E-state index is 13.0. The number of aliphatic hydroxyl groups excluding tert-OH is 1. The maximum Gasteiger partial charge on any atom is 0.278 e. The van der Waals surface area contributed by atoms with E-state index in [0.717, 1.165) is 6.07 Å². The van der Waals surface area contributed by atoms with Crippen LogP contribution in [0.1, 0.15) is 12.0 Å². The molecule has 0 bridgehead atoms. The van der Waals surface area contributed by atoms with E-state index in [1.807, 2.05) is 0 Å². The first kappa shape index (κ1) is 11.0. The molecule has 1 aromatic rings. The van der Waals surface area contributed by atoms with Gasteiger partial charge in [0.05, 0.1) is 5.56 Å². The summed E-state index contributed by atoms with van der Waals surface area (Å²) in [6, 6.07) is 1.83. The van der Waals surface area contributed by atoms with Crippen LogP contribution in [0.25, 0.3) is 0 Å². The third-order valence-electron chi connectivity index (χ3n) is 1.75. The van der Waals surface area contributed by atoms with Crippen LogP contribution in [0.4, 0.5) is 17.6 Å². The Balaban J connectivity index is 3.10. The van der Waals surface area contributed by atoms with Gasteiger partial charge < -0.3 is 5.11 Å². The van der Waals surface area contributed by atoms with Crippen LogP contribution in [0.15, 0.2) is 18.2 Å². The van der Waals surface area contributed by atoms with Crippen molar-refractivity contribution in [2.24, 2.45) is 0 Å². The van der Waals surface area contributed by atoms with Crippen molar-refractivity contribution in [2.45, 2.75) is 12.3 Å². The Bertz CT molecular complexity index is 325. The monoisotopic (exact) mass is 208 g/mol. The lowest BCUT2D eigenvalue weighted by Crippen LogP contribution is -2.17. The van der Waals surface area contributed by atoms with Gasteiger partial charge in [-0.05, 0) is 18.2 Å². The highest BCUT2D eigenvalue weighted by Crippen LogP contribution is 2.33. The Labute approximate surface area is 78.0 Å². The van der Waals surface area contributed by atoms with E-state index in [0.29, 0.717) is 12.1 Å². The van der Waals surface area contributed by atoms with Gasteiger partial charge in [-0.3, -0.25) is 0 Å². The minimum Gasteiger partial charge on any atom is -0.396 e. The highest BCUT2D eigenvalue weighted by atomic mass is 19.3. The van der Waals surface area contributed by atoms with Crippen LogP contribution in [0, 0.1) is 11.6 Å². The second kappa shape index (κ2) is 3.96. The number of rotatable bonds is 3. The van der Waals surface area contributed by atoms with Crippen molar-refractivity contribution in [1.82, 2.24) is 0 Å². The van der Waals surface area contributed by atoms with Gasteiger partial charge in [0.25, 0.3) is 5.92 Å². The average molecular weight is 208 g/mol. The van der Waals surface area contributed by atoms with Gasteiger partial charge in [-0.1, -0.05) is 0 Å². The van der Waals surface area contributed by atoms with Crippen molar-refractivity contribution in [3.8, 4) is 0 Å². The summed E-state index contributed by atoms with van der Waals surface area (Å²) in [7, 11) is 0. The fraction of sp³-hybridized carbons (Fsp3) is 0.333. The lowest BCUT2D eigenvalue weighted by atomic mass is 10.1. The molecule has 0 atom stereocenters. The summed E-state index contributed by atoms with van der Waals surface area (Å²) in [4.78, 5) is 0. The number of aliphatic hydroxyl groups is 1. The van der Waals surface area contributed by atoms with Gasteiger partial charge in [0.15, 0.2) is 0 Å². The molecular weight excluding hydrogens is 200 g/mol. The third kappa shape index (κ3) is 2.23. The zero-order chi connectivity index (χ0) is 10.8. The summed E-state index contributed by atoms with van der Waals surface area (Å²) in [6.45, 7) is -0.789. The van der Waals surface area contributed by atoms with Crippen molar-refractivity contribution in [2.75, 3.05) is 6.61 Å². The number of halogens is 4. The Morgan fingerprint density at radius 3 is 2.43 bits per heavy atom. The molecule has 0 aliphatic heterocycles. The molecule has 0 aliphatic carbocycles. The van der Waals surface area contributed by atoms with E-state index in [1.54, 1.807) is 0 Å². The zero-order valence-corrected chi connectivity index (χ0v) is 7.11. The van der Waals surface area contributed by atoms with Crippen LogP contribution in [0.2, 0.25) is 0 Å². The third-order valence-corrected chi connectivity index (χ3v) is 1.75. The molecule has 0 aromatic heterocycles. The average Bonchev–Trinajstić information content (AvgIpc) is 2.09. The molecule has 0 heterocycles. The van der Waals surface area contributed by atoms with E-state index < -0.39 is 36.1 Å². The molecule has 0 spiro atoms. The Morgan fingerprint density at radius 1 is 1.21 bits per heavy atom. The first-order valence-corrected chi connectivity index (χ1v) is 3.91. The van der Waals surface area contributed by atoms with Gasteiger partial charge >= 0.3 is 0 Å². The van der Waals surface area contributed by atoms with Crippen LogP contribution >= 0.6 is 0 Å². The summed E-state index contributed by atoms with van der Waals surface area (Å²) in [5, 5.41) is 8.33. The maximum atomic E-state index is 13.0. The van der Waals surface area contributed by atoms with E-state index in [9.17, 15) is 17.6 Å². The van der Waals surface area contributed by atoms with Crippen LogP contribution in [-0.4, -0.2) is 11.7 Å². The van der Waals surface area contributed by atoms with Crippen molar-refractivity contribution < 1.29 is 22.7 Å². The molecule has 1 nitrogen and oxygen atoms in total. The van der Waals surface area contributed by atoms with Crippen molar-refractivity contribution in [3.63, 3.8) is 0 Å². The van der Waals surface area contributed by atoms with Gasteiger partial charge in [0.1, 0.15) is 11.6 Å². The van der Waals surface area contributed by atoms with E-state index >= 15 is 0 Å². The molecule has 1 aromatic carbocycles. The molecule has 1 rings (SSSR count). The topological polar surface area (TPSA) is 20.2 Å². The lowest BCUT2D eigenvalue weighted by Gasteiger charge is -2.15. The highest BCUT2D eigenvalue weighted by Gasteiger charge is 2.34. The Hall–Kier alpha value is -1.10. The Morgan fingerprint density at radius 2 is 1.86 bits per heavy atom. The summed E-state index contributed by atoms with van der Waals surface area (Å²) >= 11 is 0. The molecule has 0 unspecified atom stereocenters. The standard InChI is InChI=1S/C9H8F4O/c10-6-1-2-8(11)7(5-6)9(12,13)3-4-14/h1-2,5,14H,3-4H2. The summed E-state index contributed by atoms with van der Waals surface area (Å²) < 4.78 is 51.5. The lowest BCUT2D eigenvalue weighted by molar-refractivity contribution is -0.0302. The number of alkyl halides is 2. The van der Waals surface area contributed by atoms with E-state index in [2.05, 4.69) is 0 Å². The molecule has 0 aliphatic rings. The molecular formula is C9H8F4O. The minimum atomic E-state index is -3.54. The zero-order valence-electron chi connectivity index (χ0n) is 7.11. The quantitative estimate of drug-likeness (QED) is 0.756. The molecule has 0 saturated carbocycles. The molecule has 0 amide bonds. The van der Waals surface area contributed by atoms with Gasteiger partial charge in [-0.2, -0.15) is 0 Å². The molecule has 14 heavy (non-hydrogen) atoms. The SMILES string of the molecule is OCCC(F)(F)c1cc(F)ccc1F. The summed E-state index contributed by atoms with van der Waals surface area (Å²) in [5.74, 6) is -5.65. The second-order valence-corrected chi connectivity index (χ2v) is 2.80. The molecule has 0 fully saturated rings. The van der Waals surface area contributed by atoms with E-state index in [1.165, 1.54) is 0 Å². The first-order chi connectivity index (χ1) is 6.47. The van der Waals surface area contributed by atoms with Crippen LogP contribution in [0.3, 0.4) is 0 Å². The van der Waals surface area contributed by atoms with Gasteiger partial charge in [-0.25, -0.2) is 17.6 Å². The number of hydrogen-bond donors (Lipinski definition) is 1.